The minimum absolute atomic E-state index is 0.0281. The third-order valence-electron chi connectivity index (χ3n) is 3.73. The summed E-state index contributed by atoms with van der Waals surface area (Å²) < 4.78 is 19.0. The van der Waals surface area contributed by atoms with Crippen LogP contribution in [0.5, 0.6) is 5.75 Å². The lowest BCUT2D eigenvalue weighted by molar-refractivity contribution is -0.121. The van der Waals surface area contributed by atoms with Crippen LogP contribution in [0.15, 0.2) is 18.2 Å². The summed E-state index contributed by atoms with van der Waals surface area (Å²) in [6.07, 6.45) is 4.29. The van der Waals surface area contributed by atoms with Crippen LogP contribution in [0.1, 0.15) is 38.5 Å². The third-order valence-corrected chi connectivity index (χ3v) is 3.73. The predicted octanol–water partition coefficient (Wildman–Crippen LogP) is 2.86. The number of hydrogen-bond acceptors (Lipinski definition) is 3. The first-order chi connectivity index (χ1) is 11.1. The molecule has 2 N–H and O–H groups in total. The van der Waals surface area contributed by atoms with E-state index in [0.717, 1.165) is 12.8 Å². The first-order valence-electron chi connectivity index (χ1n) is 8.01. The average molecular weight is 322 g/mol. The Morgan fingerprint density at radius 1 is 1.22 bits per heavy atom. The minimum atomic E-state index is -0.389. The number of hydrogen-bond donors (Lipinski definition) is 2. The van der Waals surface area contributed by atoms with E-state index in [2.05, 4.69) is 10.6 Å². The highest BCUT2D eigenvalue weighted by Gasteiger charge is 2.22. The van der Waals surface area contributed by atoms with Crippen molar-refractivity contribution in [1.82, 2.24) is 5.32 Å². The number of carbonyl (C=O) groups is 2. The van der Waals surface area contributed by atoms with Gasteiger partial charge in [-0.3, -0.25) is 9.59 Å². The largest absolute Gasteiger partial charge is 0.491 e. The first-order valence-corrected chi connectivity index (χ1v) is 8.01. The Balaban J connectivity index is 1.80. The summed E-state index contributed by atoms with van der Waals surface area (Å²) in [7, 11) is 1.59. The van der Waals surface area contributed by atoms with Crippen LogP contribution in [0.2, 0.25) is 0 Å². The number of ether oxygens (including phenoxy) is 1. The standard InChI is InChI=1S/C17H23FN2O3/c1-19-16(21)4-2-3-5-17(22)20-14-9-8-13(18)10-15(14)23-11-12-6-7-12/h8-10,12H,2-7,11H2,1H3,(H,19,21)(H,20,22). The van der Waals surface area contributed by atoms with E-state index in [0.29, 0.717) is 49.6 Å². The molecule has 0 saturated heterocycles. The average Bonchev–Trinajstić information content (AvgIpc) is 3.35. The zero-order valence-corrected chi connectivity index (χ0v) is 13.4. The molecule has 1 aromatic carbocycles. The second-order valence-electron chi connectivity index (χ2n) is 5.82. The van der Waals surface area contributed by atoms with E-state index in [-0.39, 0.29) is 17.6 Å². The molecule has 1 saturated carbocycles. The smallest absolute Gasteiger partial charge is 0.224 e. The van der Waals surface area contributed by atoms with Crippen molar-refractivity contribution in [3.63, 3.8) is 0 Å². The summed E-state index contributed by atoms with van der Waals surface area (Å²) >= 11 is 0. The highest BCUT2D eigenvalue weighted by Crippen LogP contribution is 2.32. The van der Waals surface area contributed by atoms with E-state index in [1.807, 2.05) is 0 Å². The predicted molar refractivity (Wildman–Crippen MR) is 85.8 cm³/mol. The van der Waals surface area contributed by atoms with Crippen LogP contribution in [0.25, 0.3) is 0 Å². The van der Waals surface area contributed by atoms with Crippen molar-refractivity contribution in [2.24, 2.45) is 5.92 Å². The molecule has 0 unspecified atom stereocenters. The molecule has 0 aromatic heterocycles. The molecule has 0 radical (unpaired) electrons. The summed E-state index contributed by atoms with van der Waals surface area (Å²) in [6.45, 7) is 0.554. The fourth-order valence-electron chi connectivity index (χ4n) is 2.12. The van der Waals surface area contributed by atoms with Crippen molar-refractivity contribution >= 4 is 17.5 Å². The number of nitrogens with one attached hydrogen (secondary N) is 2. The molecular formula is C17H23FN2O3. The van der Waals surface area contributed by atoms with E-state index >= 15 is 0 Å². The fraction of sp³-hybridized carbons (Fsp3) is 0.529. The van der Waals surface area contributed by atoms with Gasteiger partial charge < -0.3 is 15.4 Å². The highest BCUT2D eigenvalue weighted by atomic mass is 19.1. The molecule has 0 aliphatic heterocycles. The SMILES string of the molecule is CNC(=O)CCCCC(=O)Nc1ccc(F)cc1OCC1CC1. The Labute approximate surface area is 135 Å². The topological polar surface area (TPSA) is 67.4 Å². The molecule has 0 bridgehead atoms. The van der Waals surface area contributed by atoms with Crippen molar-refractivity contribution in [3.05, 3.63) is 24.0 Å². The van der Waals surface area contributed by atoms with Crippen LogP contribution >= 0.6 is 0 Å². The molecule has 2 rings (SSSR count). The summed E-state index contributed by atoms with van der Waals surface area (Å²) in [5, 5.41) is 5.30. The van der Waals surface area contributed by atoms with Crippen molar-refractivity contribution in [2.45, 2.75) is 38.5 Å². The van der Waals surface area contributed by atoms with Crippen LogP contribution in [-0.2, 0) is 9.59 Å². The summed E-state index contributed by atoms with van der Waals surface area (Å²) in [5.41, 5.74) is 0.489. The van der Waals surface area contributed by atoms with Gasteiger partial charge in [0.15, 0.2) is 0 Å². The van der Waals surface area contributed by atoms with E-state index in [1.54, 1.807) is 7.05 Å². The zero-order chi connectivity index (χ0) is 16.7. The second-order valence-corrected chi connectivity index (χ2v) is 5.82. The van der Waals surface area contributed by atoms with Gasteiger partial charge in [0.25, 0.3) is 0 Å². The maximum Gasteiger partial charge on any atom is 0.224 e. The molecule has 0 atom stereocenters. The van der Waals surface area contributed by atoms with E-state index in [4.69, 9.17) is 4.74 Å². The molecule has 23 heavy (non-hydrogen) atoms. The van der Waals surface area contributed by atoms with Gasteiger partial charge in [-0.05, 0) is 43.7 Å². The summed E-state index contributed by atoms with van der Waals surface area (Å²) in [4.78, 5) is 23.0. The van der Waals surface area contributed by atoms with Crippen LogP contribution in [0.4, 0.5) is 10.1 Å². The second kappa shape index (κ2) is 8.50. The molecule has 1 fully saturated rings. The zero-order valence-electron chi connectivity index (χ0n) is 13.4. The van der Waals surface area contributed by atoms with Gasteiger partial charge in [-0.25, -0.2) is 4.39 Å². The first kappa shape index (κ1) is 17.2. The molecule has 126 valence electrons. The quantitative estimate of drug-likeness (QED) is 0.687. The van der Waals surface area contributed by atoms with Crippen LogP contribution in [0, 0.1) is 11.7 Å². The molecule has 5 nitrogen and oxygen atoms in total. The minimum Gasteiger partial charge on any atom is -0.491 e. The maximum absolute atomic E-state index is 13.4. The Morgan fingerprint density at radius 3 is 2.57 bits per heavy atom. The van der Waals surface area contributed by atoms with Gasteiger partial charge in [0.1, 0.15) is 11.6 Å². The Bertz CT molecular complexity index is 559. The lowest BCUT2D eigenvalue weighted by Gasteiger charge is -2.12. The lowest BCUT2D eigenvalue weighted by atomic mass is 10.1. The number of anilines is 1. The molecule has 1 aromatic rings. The molecule has 1 aliphatic rings. The van der Waals surface area contributed by atoms with E-state index in [9.17, 15) is 14.0 Å². The maximum atomic E-state index is 13.4. The fourth-order valence-corrected chi connectivity index (χ4v) is 2.12. The van der Waals surface area contributed by atoms with Gasteiger partial charge in [-0.1, -0.05) is 0 Å². The van der Waals surface area contributed by atoms with Gasteiger partial charge in [-0.15, -0.1) is 0 Å². The third kappa shape index (κ3) is 6.26. The van der Waals surface area contributed by atoms with E-state index < -0.39 is 0 Å². The lowest BCUT2D eigenvalue weighted by Crippen LogP contribution is -2.17. The Kier molecular flexibility index (Phi) is 6.38. The van der Waals surface area contributed by atoms with Gasteiger partial charge in [0.05, 0.1) is 12.3 Å². The molecular weight excluding hydrogens is 299 g/mol. The number of amides is 2. The van der Waals surface area contributed by atoms with Gasteiger partial charge in [0, 0.05) is 26.0 Å². The number of unbranched alkanes of at least 4 members (excludes halogenated alkanes) is 1. The van der Waals surface area contributed by atoms with Gasteiger partial charge in [0.2, 0.25) is 11.8 Å². The highest BCUT2D eigenvalue weighted by molar-refractivity contribution is 5.92. The molecule has 0 spiro atoms. The number of halogens is 1. The monoisotopic (exact) mass is 322 g/mol. The number of rotatable bonds is 9. The van der Waals surface area contributed by atoms with Crippen LogP contribution < -0.4 is 15.4 Å². The van der Waals surface area contributed by atoms with Crippen LogP contribution in [0.3, 0.4) is 0 Å². The molecule has 2 amide bonds. The molecule has 1 aliphatic carbocycles. The van der Waals surface area contributed by atoms with Crippen molar-refractivity contribution < 1.29 is 18.7 Å². The Morgan fingerprint density at radius 2 is 1.91 bits per heavy atom. The summed E-state index contributed by atoms with van der Waals surface area (Å²) in [5.74, 6) is 0.339. The number of benzene rings is 1. The van der Waals surface area contributed by atoms with Gasteiger partial charge >= 0.3 is 0 Å². The van der Waals surface area contributed by atoms with Crippen molar-refractivity contribution in [1.29, 1.82) is 0 Å². The van der Waals surface area contributed by atoms with Crippen molar-refractivity contribution in [2.75, 3.05) is 19.0 Å². The van der Waals surface area contributed by atoms with E-state index in [1.165, 1.54) is 18.2 Å². The van der Waals surface area contributed by atoms with Crippen molar-refractivity contribution in [3.8, 4) is 5.75 Å². The molecule has 6 heteroatoms. The Hall–Kier alpha value is -2.11. The summed E-state index contributed by atoms with van der Waals surface area (Å²) in [6, 6.07) is 4.11. The molecule has 0 heterocycles. The van der Waals surface area contributed by atoms with Crippen LogP contribution in [-0.4, -0.2) is 25.5 Å². The number of carbonyl (C=O) groups excluding carboxylic acids is 2. The van der Waals surface area contributed by atoms with Gasteiger partial charge in [-0.2, -0.15) is 0 Å². The normalized spacial score (nSPS) is 13.5.